The van der Waals surface area contributed by atoms with Gasteiger partial charge in [0, 0.05) is 29.6 Å². The number of nitrogens with zero attached hydrogens (tertiary/aromatic N) is 2. The zero-order valence-corrected chi connectivity index (χ0v) is 13.5. The molecule has 3 nitrogen and oxygen atoms in total. The number of aromatic amines is 1. The quantitative estimate of drug-likeness (QED) is 0.780. The summed E-state index contributed by atoms with van der Waals surface area (Å²) < 4.78 is 0. The highest BCUT2D eigenvalue weighted by molar-refractivity contribution is 7.13. The summed E-state index contributed by atoms with van der Waals surface area (Å²) in [5.74, 6) is 0. The highest BCUT2D eigenvalue weighted by Crippen LogP contribution is 2.35. The fourth-order valence-electron chi connectivity index (χ4n) is 3.06. The summed E-state index contributed by atoms with van der Waals surface area (Å²) in [6.45, 7) is 4.40. The number of thiophene rings is 2. The Kier molecular flexibility index (Phi) is 3.41. The zero-order valence-electron chi connectivity index (χ0n) is 11.9. The Morgan fingerprint density at radius 1 is 1.33 bits per heavy atom. The molecule has 108 valence electrons. The van der Waals surface area contributed by atoms with Gasteiger partial charge in [0.15, 0.2) is 0 Å². The molecule has 0 fully saturated rings. The molecular weight excluding hydrogens is 298 g/mol. The Morgan fingerprint density at radius 2 is 2.29 bits per heavy atom. The Labute approximate surface area is 132 Å². The van der Waals surface area contributed by atoms with Crippen molar-refractivity contribution in [2.24, 2.45) is 0 Å². The highest BCUT2D eigenvalue weighted by atomic mass is 32.1. The summed E-state index contributed by atoms with van der Waals surface area (Å²) in [6.07, 6.45) is 3.15. The molecule has 0 unspecified atom stereocenters. The Morgan fingerprint density at radius 3 is 3.14 bits per heavy atom. The maximum atomic E-state index is 4.26. The summed E-state index contributed by atoms with van der Waals surface area (Å²) in [5.41, 5.74) is 3.98. The predicted molar refractivity (Wildman–Crippen MR) is 88.7 cm³/mol. The lowest BCUT2D eigenvalue weighted by molar-refractivity contribution is 0.191. The molecule has 4 heterocycles. The van der Waals surface area contributed by atoms with Gasteiger partial charge in [0.2, 0.25) is 0 Å². The lowest BCUT2D eigenvalue weighted by Crippen LogP contribution is -2.32. The highest BCUT2D eigenvalue weighted by Gasteiger charge is 2.25. The Bertz CT molecular complexity index is 726. The zero-order chi connectivity index (χ0) is 14.2. The fraction of sp³-hybridized carbons (Fsp3) is 0.312. The average molecular weight is 315 g/mol. The minimum absolute atomic E-state index is 0.492. The lowest BCUT2D eigenvalue weighted by atomic mass is 10.0. The number of rotatable bonds is 3. The number of hydrogen-bond donors (Lipinski definition) is 1. The first-order valence-electron chi connectivity index (χ1n) is 7.19. The summed E-state index contributed by atoms with van der Waals surface area (Å²) >= 11 is 3.66. The number of nitrogens with one attached hydrogen (secondary N) is 1. The van der Waals surface area contributed by atoms with E-state index in [1.165, 1.54) is 28.1 Å². The molecule has 5 heteroatoms. The smallest absolute Gasteiger partial charge is 0.0794 e. The van der Waals surface area contributed by atoms with E-state index >= 15 is 0 Å². The van der Waals surface area contributed by atoms with E-state index in [0.29, 0.717) is 6.04 Å². The first-order valence-corrected chi connectivity index (χ1v) is 8.95. The maximum absolute atomic E-state index is 4.26. The van der Waals surface area contributed by atoms with E-state index in [2.05, 4.69) is 51.0 Å². The van der Waals surface area contributed by atoms with Gasteiger partial charge >= 0.3 is 0 Å². The molecule has 1 atom stereocenters. The van der Waals surface area contributed by atoms with Crippen LogP contribution in [-0.2, 0) is 13.0 Å². The van der Waals surface area contributed by atoms with Crippen LogP contribution in [0, 0.1) is 0 Å². The van der Waals surface area contributed by atoms with Gasteiger partial charge in [-0.2, -0.15) is 5.10 Å². The third-order valence-electron chi connectivity index (χ3n) is 4.26. The van der Waals surface area contributed by atoms with Crippen molar-refractivity contribution in [2.45, 2.75) is 25.9 Å². The van der Waals surface area contributed by atoms with Crippen LogP contribution in [0.5, 0.6) is 0 Å². The van der Waals surface area contributed by atoms with E-state index in [4.69, 9.17) is 0 Å². The molecule has 3 aromatic heterocycles. The van der Waals surface area contributed by atoms with Crippen LogP contribution in [0.15, 0.2) is 35.2 Å². The fourth-order valence-corrected chi connectivity index (χ4v) is 4.78. The maximum Gasteiger partial charge on any atom is 0.0794 e. The van der Waals surface area contributed by atoms with E-state index in [1.807, 2.05) is 17.5 Å². The average Bonchev–Trinajstić information content (AvgIpc) is 3.21. The summed E-state index contributed by atoms with van der Waals surface area (Å²) in [7, 11) is 0. The van der Waals surface area contributed by atoms with Crippen LogP contribution in [0.2, 0.25) is 0 Å². The first-order chi connectivity index (χ1) is 10.3. The molecule has 0 amide bonds. The first kappa shape index (κ1) is 13.2. The molecule has 4 rings (SSSR count). The predicted octanol–water partition coefficient (Wildman–Crippen LogP) is 4.32. The second kappa shape index (κ2) is 5.40. The second-order valence-electron chi connectivity index (χ2n) is 5.44. The molecule has 0 radical (unpaired) electrons. The van der Waals surface area contributed by atoms with Gasteiger partial charge in [-0.3, -0.25) is 10.00 Å². The molecule has 1 aliphatic heterocycles. The van der Waals surface area contributed by atoms with Crippen molar-refractivity contribution >= 4 is 22.7 Å². The summed E-state index contributed by atoms with van der Waals surface area (Å²) in [5, 5.41) is 11.8. The Balaban J connectivity index is 1.59. The Hall–Kier alpha value is -1.43. The third-order valence-corrected chi connectivity index (χ3v) is 6.15. The van der Waals surface area contributed by atoms with Crippen molar-refractivity contribution < 1.29 is 0 Å². The lowest BCUT2D eigenvalue weighted by Gasteiger charge is -2.33. The minimum atomic E-state index is 0.492. The molecule has 1 aliphatic rings. The third kappa shape index (κ3) is 2.35. The SMILES string of the molecule is C[C@@H]1c2ccsc2CCN1Cc1cn[nH]c1-c1cccs1. The van der Waals surface area contributed by atoms with E-state index < -0.39 is 0 Å². The van der Waals surface area contributed by atoms with Gasteiger partial charge in [0.1, 0.15) is 0 Å². The number of fused-ring (bicyclic) bond motifs is 1. The van der Waals surface area contributed by atoms with E-state index in [0.717, 1.165) is 13.1 Å². The van der Waals surface area contributed by atoms with Gasteiger partial charge < -0.3 is 0 Å². The molecule has 0 spiro atoms. The monoisotopic (exact) mass is 315 g/mol. The molecular formula is C16H17N3S2. The number of H-pyrrole nitrogens is 1. The van der Waals surface area contributed by atoms with Crippen LogP contribution in [0.3, 0.4) is 0 Å². The van der Waals surface area contributed by atoms with Crippen molar-refractivity contribution in [1.29, 1.82) is 0 Å². The van der Waals surface area contributed by atoms with Gasteiger partial charge in [-0.15, -0.1) is 22.7 Å². The number of hydrogen-bond acceptors (Lipinski definition) is 4. The molecule has 0 bridgehead atoms. The molecule has 0 saturated heterocycles. The van der Waals surface area contributed by atoms with Crippen molar-refractivity contribution in [3.63, 3.8) is 0 Å². The van der Waals surface area contributed by atoms with Crippen molar-refractivity contribution in [3.05, 3.63) is 51.2 Å². The summed E-state index contributed by atoms with van der Waals surface area (Å²) in [4.78, 5) is 5.38. The van der Waals surface area contributed by atoms with Crippen LogP contribution in [0.1, 0.15) is 29.0 Å². The molecule has 0 aliphatic carbocycles. The molecule has 1 N–H and O–H groups in total. The molecule has 21 heavy (non-hydrogen) atoms. The van der Waals surface area contributed by atoms with Gasteiger partial charge in [-0.25, -0.2) is 0 Å². The number of aromatic nitrogens is 2. The van der Waals surface area contributed by atoms with Crippen molar-refractivity contribution in [2.75, 3.05) is 6.54 Å². The van der Waals surface area contributed by atoms with Crippen LogP contribution in [0.25, 0.3) is 10.6 Å². The van der Waals surface area contributed by atoms with Crippen molar-refractivity contribution in [1.82, 2.24) is 15.1 Å². The minimum Gasteiger partial charge on any atom is -0.292 e. The summed E-state index contributed by atoms with van der Waals surface area (Å²) in [6, 6.07) is 7.02. The van der Waals surface area contributed by atoms with E-state index in [9.17, 15) is 0 Å². The van der Waals surface area contributed by atoms with Crippen LogP contribution in [0.4, 0.5) is 0 Å². The van der Waals surface area contributed by atoms with Gasteiger partial charge in [0.05, 0.1) is 16.8 Å². The standard InChI is InChI=1S/C16H17N3S2/c1-11-13-5-8-21-14(13)4-6-19(11)10-12-9-17-18-16(12)15-3-2-7-20-15/h2-3,5,7-9,11H,4,6,10H2,1H3,(H,17,18)/t11-/m1/s1. The topological polar surface area (TPSA) is 31.9 Å². The normalized spacial score (nSPS) is 18.8. The van der Waals surface area contributed by atoms with E-state index in [1.54, 1.807) is 16.2 Å². The van der Waals surface area contributed by atoms with Gasteiger partial charge in [-0.1, -0.05) is 6.07 Å². The van der Waals surface area contributed by atoms with Crippen molar-refractivity contribution in [3.8, 4) is 10.6 Å². The van der Waals surface area contributed by atoms with Crippen LogP contribution >= 0.6 is 22.7 Å². The van der Waals surface area contributed by atoms with Crippen LogP contribution < -0.4 is 0 Å². The van der Waals surface area contributed by atoms with Crippen LogP contribution in [-0.4, -0.2) is 21.6 Å². The molecule has 0 saturated carbocycles. The van der Waals surface area contributed by atoms with Gasteiger partial charge in [0.25, 0.3) is 0 Å². The molecule has 3 aromatic rings. The van der Waals surface area contributed by atoms with E-state index in [-0.39, 0.29) is 0 Å². The largest absolute Gasteiger partial charge is 0.292 e. The van der Waals surface area contributed by atoms with Gasteiger partial charge in [-0.05, 0) is 41.8 Å². The second-order valence-corrected chi connectivity index (χ2v) is 7.39. The molecule has 0 aromatic carbocycles.